The van der Waals surface area contributed by atoms with Gasteiger partial charge in [0.15, 0.2) is 0 Å². The molecule has 5 nitrogen and oxygen atoms in total. The summed E-state index contributed by atoms with van der Waals surface area (Å²) >= 11 is 0. The number of carboxylic acids is 1. The first-order valence-corrected chi connectivity index (χ1v) is 6.42. The normalized spacial score (nSPS) is 15.8. The Labute approximate surface area is 102 Å². The maximum absolute atomic E-state index is 11.4. The Morgan fingerprint density at radius 3 is 2.47 bits per heavy atom. The van der Waals surface area contributed by atoms with E-state index in [1.54, 1.807) is 0 Å². The molecule has 2 amide bonds. The fourth-order valence-corrected chi connectivity index (χ4v) is 2.12. The number of carboxylic acid groups (broad SMARTS) is 1. The number of unbranched alkanes of at least 4 members (excludes halogenated alkanes) is 1. The minimum absolute atomic E-state index is 0.132. The van der Waals surface area contributed by atoms with Crippen LogP contribution in [0.1, 0.15) is 44.9 Å². The minimum atomic E-state index is -0.782. The lowest BCUT2D eigenvalue weighted by Gasteiger charge is -2.11. The summed E-state index contributed by atoms with van der Waals surface area (Å²) in [6.45, 7) is 1.31. The quantitative estimate of drug-likeness (QED) is 0.595. The first-order valence-electron chi connectivity index (χ1n) is 6.42. The van der Waals surface area contributed by atoms with Crippen LogP contribution in [0.3, 0.4) is 0 Å². The van der Waals surface area contributed by atoms with Crippen molar-refractivity contribution in [3.8, 4) is 0 Å². The van der Waals surface area contributed by atoms with Crippen LogP contribution in [0.4, 0.5) is 4.79 Å². The first-order chi connectivity index (χ1) is 8.18. The molecule has 1 fully saturated rings. The third-order valence-electron chi connectivity index (χ3n) is 3.13. The van der Waals surface area contributed by atoms with E-state index in [0.717, 1.165) is 6.54 Å². The second-order valence-electron chi connectivity index (χ2n) is 4.64. The predicted octanol–water partition coefficient (Wildman–Crippen LogP) is 1.73. The van der Waals surface area contributed by atoms with Crippen LogP contribution in [-0.4, -0.2) is 30.2 Å². The van der Waals surface area contributed by atoms with Crippen LogP contribution in [-0.2, 0) is 4.79 Å². The van der Waals surface area contributed by atoms with Crippen LogP contribution in [0.5, 0.6) is 0 Å². The van der Waals surface area contributed by atoms with E-state index in [2.05, 4.69) is 10.6 Å². The Hall–Kier alpha value is -1.26. The van der Waals surface area contributed by atoms with E-state index >= 15 is 0 Å². The molecule has 0 bridgehead atoms. The summed E-state index contributed by atoms with van der Waals surface area (Å²) in [4.78, 5) is 21.6. The topological polar surface area (TPSA) is 78.4 Å². The van der Waals surface area contributed by atoms with Gasteiger partial charge in [0.2, 0.25) is 0 Å². The average molecular weight is 242 g/mol. The lowest BCUT2D eigenvalue weighted by molar-refractivity contribution is -0.137. The van der Waals surface area contributed by atoms with Crippen LogP contribution in [0.2, 0.25) is 0 Å². The standard InChI is InChI=1S/C12H22N2O3/c15-11(16)7-3-4-8-13-12(17)14-9-10-5-1-2-6-10/h10H,1-9H2,(H,15,16)(H2,13,14,17). The van der Waals surface area contributed by atoms with Crippen molar-refractivity contribution in [3.63, 3.8) is 0 Å². The molecule has 3 N–H and O–H groups in total. The van der Waals surface area contributed by atoms with Gasteiger partial charge in [-0.25, -0.2) is 4.79 Å². The highest BCUT2D eigenvalue weighted by molar-refractivity contribution is 5.73. The highest BCUT2D eigenvalue weighted by Gasteiger charge is 2.15. The number of carbonyl (C=O) groups excluding carboxylic acids is 1. The summed E-state index contributed by atoms with van der Waals surface area (Å²) in [5, 5.41) is 14.0. The molecule has 0 spiro atoms. The van der Waals surface area contributed by atoms with Crippen molar-refractivity contribution in [3.05, 3.63) is 0 Å². The smallest absolute Gasteiger partial charge is 0.314 e. The Kier molecular flexibility index (Phi) is 6.43. The molecule has 0 aromatic carbocycles. The van der Waals surface area contributed by atoms with E-state index in [0.29, 0.717) is 25.3 Å². The molecular formula is C12H22N2O3. The van der Waals surface area contributed by atoms with E-state index in [4.69, 9.17) is 5.11 Å². The zero-order valence-corrected chi connectivity index (χ0v) is 10.2. The highest BCUT2D eigenvalue weighted by Crippen LogP contribution is 2.23. The summed E-state index contributed by atoms with van der Waals surface area (Å²) in [5.41, 5.74) is 0. The molecule has 1 rings (SSSR count). The molecule has 98 valence electrons. The molecule has 0 saturated heterocycles. The maximum atomic E-state index is 11.4. The van der Waals surface area contributed by atoms with Crippen LogP contribution in [0.15, 0.2) is 0 Å². The maximum Gasteiger partial charge on any atom is 0.314 e. The van der Waals surface area contributed by atoms with Gasteiger partial charge in [0.25, 0.3) is 0 Å². The van der Waals surface area contributed by atoms with E-state index in [9.17, 15) is 9.59 Å². The Morgan fingerprint density at radius 1 is 1.12 bits per heavy atom. The zero-order chi connectivity index (χ0) is 12.5. The summed E-state index contributed by atoms with van der Waals surface area (Å²) in [7, 11) is 0. The van der Waals surface area contributed by atoms with Gasteiger partial charge in [-0.2, -0.15) is 0 Å². The van der Waals surface area contributed by atoms with Gasteiger partial charge in [-0.1, -0.05) is 12.8 Å². The summed E-state index contributed by atoms with van der Waals surface area (Å²) in [6.07, 6.45) is 6.50. The first kappa shape index (κ1) is 13.8. The number of aliphatic carboxylic acids is 1. The van der Waals surface area contributed by atoms with Crippen molar-refractivity contribution in [1.82, 2.24) is 10.6 Å². The van der Waals surface area contributed by atoms with Crippen LogP contribution < -0.4 is 10.6 Å². The van der Waals surface area contributed by atoms with Gasteiger partial charge in [0.1, 0.15) is 0 Å². The number of nitrogens with one attached hydrogen (secondary N) is 2. The van der Waals surface area contributed by atoms with Gasteiger partial charge < -0.3 is 15.7 Å². The molecule has 0 radical (unpaired) electrons. The number of rotatable bonds is 7. The monoisotopic (exact) mass is 242 g/mol. The largest absolute Gasteiger partial charge is 0.481 e. The molecule has 5 heteroatoms. The molecule has 1 aliphatic carbocycles. The van der Waals surface area contributed by atoms with Crippen LogP contribution in [0, 0.1) is 5.92 Å². The lowest BCUT2D eigenvalue weighted by Crippen LogP contribution is -2.38. The molecule has 0 heterocycles. The predicted molar refractivity (Wildman–Crippen MR) is 64.8 cm³/mol. The number of hydrogen-bond donors (Lipinski definition) is 3. The van der Waals surface area contributed by atoms with E-state index in [1.807, 2.05) is 0 Å². The van der Waals surface area contributed by atoms with Gasteiger partial charge in [0.05, 0.1) is 0 Å². The van der Waals surface area contributed by atoms with E-state index in [-0.39, 0.29) is 12.5 Å². The third kappa shape index (κ3) is 6.81. The van der Waals surface area contributed by atoms with Crippen LogP contribution >= 0.6 is 0 Å². The molecule has 1 aliphatic rings. The molecule has 0 aromatic heterocycles. The summed E-state index contributed by atoms with van der Waals surface area (Å²) < 4.78 is 0. The van der Waals surface area contributed by atoms with Gasteiger partial charge in [-0.3, -0.25) is 4.79 Å². The second kappa shape index (κ2) is 7.92. The Balaban J connectivity index is 1.92. The van der Waals surface area contributed by atoms with Crippen molar-refractivity contribution in [1.29, 1.82) is 0 Å². The van der Waals surface area contributed by atoms with E-state index < -0.39 is 5.97 Å². The van der Waals surface area contributed by atoms with Crippen molar-refractivity contribution in [2.24, 2.45) is 5.92 Å². The number of urea groups is 1. The lowest BCUT2D eigenvalue weighted by atomic mass is 10.1. The highest BCUT2D eigenvalue weighted by atomic mass is 16.4. The van der Waals surface area contributed by atoms with Gasteiger partial charge >= 0.3 is 12.0 Å². The molecule has 0 aliphatic heterocycles. The van der Waals surface area contributed by atoms with E-state index in [1.165, 1.54) is 25.7 Å². The van der Waals surface area contributed by atoms with Crippen molar-refractivity contribution < 1.29 is 14.7 Å². The SMILES string of the molecule is O=C(O)CCCCNC(=O)NCC1CCCC1. The third-order valence-corrected chi connectivity index (χ3v) is 3.13. The van der Waals surface area contributed by atoms with Gasteiger partial charge in [-0.05, 0) is 31.6 Å². The van der Waals surface area contributed by atoms with Crippen molar-refractivity contribution in [2.75, 3.05) is 13.1 Å². The van der Waals surface area contributed by atoms with Crippen molar-refractivity contribution >= 4 is 12.0 Å². The number of hydrogen-bond acceptors (Lipinski definition) is 2. The van der Waals surface area contributed by atoms with Gasteiger partial charge in [-0.15, -0.1) is 0 Å². The molecule has 1 saturated carbocycles. The second-order valence-corrected chi connectivity index (χ2v) is 4.64. The van der Waals surface area contributed by atoms with Crippen LogP contribution in [0.25, 0.3) is 0 Å². The average Bonchev–Trinajstić information content (AvgIpc) is 2.78. The number of carbonyl (C=O) groups is 2. The fraction of sp³-hybridized carbons (Fsp3) is 0.833. The van der Waals surface area contributed by atoms with Crippen molar-refractivity contribution in [2.45, 2.75) is 44.9 Å². The number of amides is 2. The molecule has 0 unspecified atom stereocenters. The fourth-order valence-electron chi connectivity index (χ4n) is 2.12. The molecule has 17 heavy (non-hydrogen) atoms. The summed E-state index contributed by atoms with van der Waals surface area (Å²) in [5.74, 6) is -0.136. The Morgan fingerprint density at radius 2 is 1.82 bits per heavy atom. The molecule has 0 atom stereocenters. The Bertz CT molecular complexity index is 250. The zero-order valence-electron chi connectivity index (χ0n) is 10.2. The summed E-state index contributed by atoms with van der Waals surface area (Å²) in [6, 6.07) is -0.132. The molecular weight excluding hydrogens is 220 g/mol. The van der Waals surface area contributed by atoms with Gasteiger partial charge in [0, 0.05) is 19.5 Å². The minimum Gasteiger partial charge on any atom is -0.481 e. The molecule has 0 aromatic rings.